The smallest absolute Gasteiger partial charge is 0.222 e. The van der Waals surface area contributed by atoms with Crippen LogP contribution in [0.15, 0.2) is 61.1 Å². The zero-order valence-corrected chi connectivity index (χ0v) is 18.5. The Morgan fingerprint density at radius 3 is 2.78 bits per heavy atom. The molecule has 0 spiro atoms. The average Bonchev–Trinajstić information content (AvgIpc) is 3.07. The Kier molecular flexibility index (Phi) is 7.00. The van der Waals surface area contributed by atoms with Gasteiger partial charge in [0.05, 0.1) is 22.9 Å². The van der Waals surface area contributed by atoms with Crippen molar-refractivity contribution in [3.05, 3.63) is 72.2 Å². The number of carbonyl (C=O) groups is 1. The van der Waals surface area contributed by atoms with Crippen LogP contribution in [0.2, 0.25) is 0 Å². The van der Waals surface area contributed by atoms with E-state index in [0.717, 1.165) is 67.5 Å². The third-order valence-corrected chi connectivity index (χ3v) is 6.44. The van der Waals surface area contributed by atoms with Gasteiger partial charge in [-0.15, -0.1) is 0 Å². The summed E-state index contributed by atoms with van der Waals surface area (Å²) < 4.78 is 2.23. The van der Waals surface area contributed by atoms with E-state index in [1.165, 1.54) is 18.0 Å². The number of aryl methyl sites for hydroxylation is 1. The lowest BCUT2D eigenvalue weighted by Gasteiger charge is -2.21. The summed E-state index contributed by atoms with van der Waals surface area (Å²) in [6, 6.07) is 16.4. The molecule has 1 atom stereocenters. The van der Waals surface area contributed by atoms with Gasteiger partial charge in [0.1, 0.15) is 0 Å². The summed E-state index contributed by atoms with van der Waals surface area (Å²) in [4.78, 5) is 19.4. The summed E-state index contributed by atoms with van der Waals surface area (Å²) in [6.07, 6.45) is 9.54. The van der Waals surface area contributed by atoms with E-state index < -0.39 is 0 Å². The van der Waals surface area contributed by atoms with Gasteiger partial charge in [-0.1, -0.05) is 36.4 Å². The van der Waals surface area contributed by atoms with E-state index in [1.54, 1.807) is 0 Å². The molecule has 0 saturated carbocycles. The highest BCUT2D eigenvalue weighted by molar-refractivity contribution is 6.07. The number of carbonyl (C=O) groups excluding carboxylic acids is 1. The van der Waals surface area contributed by atoms with Gasteiger partial charge < -0.3 is 15.2 Å². The van der Waals surface area contributed by atoms with Gasteiger partial charge in [0.2, 0.25) is 5.91 Å². The number of fused-ring (bicyclic) bond motifs is 1. The molecule has 4 rings (SSSR count). The quantitative estimate of drug-likeness (QED) is 0.564. The Morgan fingerprint density at radius 1 is 1.16 bits per heavy atom. The molecule has 4 N–H and O–H groups in total. The number of amides is 1. The van der Waals surface area contributed by atoms with E-state index in [4.69, 9.17) is 11.1 Å². The minimum atomic E-state index is 0.274. The van der Waals surface area contributed by atoms with Gasteiger partial charge in [-0.05, 0) is 54.9 Å². The van der Waals surface area contributed by atoms with Crippen molar-refractivity contribution in [3.63, 3.8) is 0 Å². The van der Waals surface area contributed by atoms with Crippen LogP contribution in [0.25, 0.3) is 16.6 Å². The Morgan fingerprint density at radius 2 is 2.00 bits per heavy atom. The average molecular weight is 431 g/mol. The third kappa shape index (κ3) is 5.07. The first-order valence-corrected chi connectivity index (χ1v) is 11.4. The molecule has 1 saturated heterocycles. The van der Waals surface area contributed by atoms with Gasteiger partial charge >= 0.3 is 0 Å². The minimum absolute atomic E-state index is 0.274. The van der Waals surface area contributed by atoms with Crippen LogP contribution in [0, 0.1) is 5.92 Å². The predicted molar refractivity (Wildman–Crippen MR) is 129 cm³/mol. The first-order chi connectivity index (χ1) is 15.7. The second-order valence-electron chi connectivity index (χ2n) is 8.55. The topological polar surface area (TPSA) is 89.7 Å². The lowest BCUT2D eigenvalue weighted by Crippen LogP contribution is -2.32. The molecule has 0 radical (unpaired) electrons. The Hall–Kier alpha value is -3.41. The van der Waals surface area contributed by atoms with Crippen LogP contribution in [0.4, 0.5) is 0 Å². The standard InChI is InChI=1S/C26H31N5O/c27-16-23(17-28)22-9-10-25-24(15-22)29-19-31(25)18-21-7-4-13-30(14-12-21)26(32)11-8-20-5-2-1-3-6-20/h1-3,5-6,9-10,15-17,19,21,27H,4,7-8,11-14,18,28H2/p+1/b23-17+,27-16?. The highest BCUT2D eigenvalue weighted by atomic mass is 16.2. The predicted octanol–water partition coefficient (Wildman–Crippen LogP) is 2.43. The van der Waals surface area contributed by atoms with Gasteiger partial charge in [0, 0.05) is 32.3 Å². The molecule has 1 unspecified atom stereocenters. The largest absolute Gasteiger partial charge is 0.404 e. The van der Waals surface area contributed by atoms with Gasteiger partial charge in [-0.25, -0.2) is 4.98 Å². The van der Waals surface area contributed by atoms with E-state index in [9.17, 15) is 4.79 Å². The number of hydrogen-bond acceptors (Lipinski definition) is 3. The summed E-state index contributed by atoms with van der Waals surface area (Å²) in [5, 5.41) is 5.66. The zero-order valence-electron chi connectivity index (χ0n) is 18.5. The van der Waals surface area contributed by atoms with Crippen molar-refractivity contribution < 1.29 is 10.2 Å². The monoisotopic (exact) mass is 430 g/mol. The number of nitrogens with zero attached hydrogens (tertiary/aromatic N) is 3. The molecule has 6 nitrogen and oxygen atoms in total. The molecule has 1 aliphatic rings. The molecular formula is C26H32N5O+. The lowest BCUT2D eigenvalue weighted by molar-refractivity contribution is -0.131. The van der Waals surface area contributed by atoms with Crippen LogP contribution in [0.1, 0.15) is 36.8 Å². The molecule has 1 aromatic heterocycles. The molecule has 2 heterocycles. The third-order valence-electron chi connectivity index (χ3n) is 6.44. The summed E-state index contributed by atoms with van der Waals surface area (Å²) in [7, 11) is 0. The van der Waals surface area contributed by atoms with E-state index >= 15 is 0 Å². The molecule has 166 valence electrons. The molecule has 1 fully saturated rings. The summed E-state index contributed by atoms with van der Waals surface area (Å²) >= 11 is 0. The van der Waals surface area contributed by atoms with Gasteiger partial charge in [0.15, 0.2) is 6.21 Å². The van der Waals surface area contributed by atoms with Crippen molar-refractivity contribution in [2.75, 3.05) is 13.1 Å². The maximum Gasteiger partial charge on any atom is 0.222 e. The van der Waals surface area contributed by atoms with Crippen LogP contribution < -0.4 is 11.1 Å². The number of likely N-dealkylation sites (tertiary alicyclic amines) is 1. The van der Waals surface area contributed by atoms with Crippen LogP contribution in [0.5, 0.6) is 0 Å². The Balaban J connectivity index is 1.35. The Bertz CT molecular complexity index is 1100. The highest BCUT2D eigenvalue weighted by Gasteiger charge is 2.21. The fraction of sp³-hybridized carbons (Fsp3) is 0.346. The van der Waals surface area contributed by atoms with Crippen molar-refractivity contribution in [2.45, 2.75) is 38.6 Å². The number of imidazole rings is 1. The minimum Gasteiger partial charge on any atom is -0.404 e. The second kappa shape index (κ2) is 10.3. The van der Waals surface area contributed by atoms with Gasteiger partial charge in [-0.3, -0.25) is 10.2 Å². The van der Waals surface area contributed by atoms with Crippen molar-refractivity contribution >= 4 is 28.7 Å². The van der Waals surface area contributed by atoms with Crippen LogP contribution in [-0.4, -0.2) is 39.7 Å². The summed E-state index contributed by atoms with van der Waals surface area (Å²) in [5.74, 6) is 0.812. The number of rotatable bonds is 7. The number of aromatic nitrogens is 2. The molecule has 0 bridgehead atoms. The lowest BCUT2D eigenvalue weighted by atomic mass is 10.0. The van der Waals surface area contributed by atoms with E-state index in [1.807, 2.05) is 36.7 Å². The molecule has 1 amide bonds. The second-order valence-corrected chi connectivity index (χ2v) is 8.55. The maximum atomic E-state index is 12.7. The molecular weight excluding hydrogens is 398 g/mol. The molecule has 3 aromatic rings. The number of nitrogens with two attached hydrogens (primary N) is 2. The fourth-order valence-electron chi connectivity index (χ4n) is 4.57. The van der Waals surface area contributed by atoms with Crippen LogP contribution >= 0.6 is 0 Å². The van der Waals surface area contributed by atoms with Crippen LogP contribution in [-0.2, 0) is 17.8 Å². The van der Waals surface area contributed by atoms with Crippen molar-refractivity contribution in [1.82, 2.24) is 14.5 Å². The molecule has 0 aliphatic carbocycles. The number of benzene rings is 2. The zero-order chi connectivity index (χ0) is 22.3. The van der Waals surface area contributed by atoms with Gasteiger partial charge in [-0.2, -0.15) is 0 Å². The SMILES string of the molecule is N/C=C(\C=[NH2+])c1ccc2c(c1)ncn2CC1CCCN(C(=O)CCc2ccccc2)CC1. The first-order valence-electron chi connectivity index (χ1n) is 11.4. The maximum absolute atomic E-state index is 12.7. The Labute approximate surface area is 189 Å². The van der Waals surface area contributed by atoms with Gasteiger partial charge in [0.25, 0.3) is 0 Å². The van der Waals surface area contributed by atoms with Crippen molar-refractivity contribution in [2.24, 2.45) is 11.7 Å². The highest BCUT2D eigenvalue weighted by Crippen LogP contribution is 2.24. The molecule has 6 heteroatoms. The van der Waals surface area contributed by atoms with Crippen molar-refractivity contribution in [1.29, 1.82) is 0 Å². The number of hydrogen-bond donors (Lipinski definition) is 2. The normalized spacial score (nSPS) is 17.3. The summed E-state index contributed by atoms with van der Waals surface area (Å²) in [5.41, 5.74) is 10.7. The van der Waals surface area contributed by atoms with E-state index in [0.29, 0.717) is 12.3 Å². The van der Waals surface area contributed by atoms with E-state index in [2.05, 4.69) is 32.7 Å². The summed E-state index contributed by atoms with van der Waals surface area (Å²) in [6.45, 7) is 2.62. The van der Waals surface area contributed by atoms with Crippen molar-refractivity contribution in [3.8, 4) is 0 Å². The first kappa shape index (κ1) is 21.8. The fourth-order valence-corrected chi connectivity index (χ4v) is 4.57. The van der Waals surface area contributed by atoms with Crippen LogP contribution in [0.3, 0.4) is 0 Å². The molecule has 1 aliphatic heterocycles. The molecule has 2 aromatic carbocycles. The molecule has 32 heavy (non-hydrogen) atoms. The number of allylic oxidation sites excluding steroid dienone is 1. The van der Waals surface area contributed by atoms with E-state index in [-0.39, 0.29) is 5.91 Å².